The van der Waals surface area contributed by atoms with Crippen LogP contribution < -0.4 is 10.1 Å². The van der Waals surface area contributed by atoms with Crippen LogP contribution in [0.15, 0.2) is 91.5 Å². The van der Waals surface area contributed by atoms with Crippen LogP contribution in [0.2, 0.25) is 0 Å². The summed E-state index contributed by atoms with van der Waals surface area (Å²) in [5, 5.41) is 2.94. The molecule has 0 fully saturated rings. The molecule has 0 saturated heterocycles. The highest BCUT2D eigenvalue weighted by atomic mass is 19.1. The number of ether oxygens (including phenoxy) is 1. The third kappa shape index (κ3) is 5.57. The second-order valence-corrected chi connectivity index (χ2v) is 7.15. The predicted octanol–water partition coefficient (Wildman–Crippen LogP) is 4.58. The predicted molar refractivity (Wildman–Crippen MR) is 116 cm³/mol. The minimum absolute atomic E-state index is 0.211. The molecular weight excluding hydrogens is 393 g/mol. The van der Waals surface area contributed by atoms with Crippen molar-refractivity contribution in [1.29, 1.82) is 0 Å². The smallest absolute Gasteiger partial charge is 0.255 e. The summed E-state index contributed by atoms with van der Waals surface area (Å²) in [5.41, 5.74) is 3.45. The number of para-hydroxylation sites is 1. The number of aromatic nitrogens is 2. The molecular formula is C25H22FN3O2. The van der Waals surface area contributed by atoms with Crippen molar-refractivity contribution in [2.75, 3.05) is 0 Å². The zero-order valence-corrected chi connectivity index (χ0v) is 16.9. The molecule has 0 saturated carbocycles. The highest BCUT2D eigenvalue weighted by molar-refractivity contribution is 5.96. The van der Waals surface area contributed by atoms with E-state index in [1.165, 1.54) is 12.1 Å². The Hall–Kier alpha value is -3.93. The lowest BCUT2D eigenvalue weighted by atomic mass is 10.1. The Morgan fingerprint density at radius 2 is 1.65 bits per heavy atom. The molecule has 4 aromatic rings. The summed E-state index contributed by atoms with van der Waals surface area (Å²) < 4.78 is 20.9. The number of carbonyl (C=O) groups is 1. The molecule has 0 aliphatic rings. The number of hydrogen-bond acceptors (Lipinski definition) is 3. The van der Waals surface area contributed by atoms with Crippen LogP contribution in [0.1, 0.15) is 27.0 Å². The molecule has 4 rings (SSSR count). The number of hydrogen-bond donors (Lipinski definition) is 1. The van der Waals surface area contributed by atoms with E-state index < -0.39 is 0 Å². The van der Waals surface area contributed by atoms with E-state index in [0.717, 1.165) is 23.2 Å². The van der Waals surface area contributed by atoms with Gasteiger partial charge in [-0.2, -0.15) is 0 Å². The zero-order valence-electron chi connectivity index (χ0n) is 16.9. The summed E-state index contributed by atoms with van der Waals surface area (Å²) in [6.07, 6.45) is 5.46. The number of nitrogens with zero attached hydrogens (tertiary/aromatic N) is 2. The summed E-state index contributed by atoms with van der Waals surface area (Å²) >= 11 is 0. The van der Waals surface area contributed by atoms with Crippen LogP contribution in [0.3, 0.4) is 0 Å². The van der Waals surface area contributed by atoms with Gasteiger partial charge < -0.3 is 14.6 Å². The number of nitrogens with one attached hydrogen (secondary N) is 1. The molecule has 3 aromatic carbocycles. The van der Waals surface area contributed by atoms with Crippen molar-refractivity contribution >= 4 is 5.91 Å². The van der Waals surface area contributed by atoms with E-state index in [0.29, 0.717) is 17.9 Å². The van der Waals surface area contributed by atoms with E-state index in [1.807, 2.05) is 41.1 Å². The maximum Gasteiger partial charge on any atom is 0.255 e. The van der Waals surface area contributed by atoms with Crippen molar-refractivity contribution in [3.05, 3.63) is 120 Å². The first kappa shape index (κ1) is 20.3. The molecule has 0 bridgehead atoms. The van der Waals surface area contributed by atoms with Crippen LogP contribution in [-0.4, -0.2) is 15.5 Å². The Labute approximate surface area is 180 Å². The van der Waals surface area contributed by atoms with Crippen LogP contribution in [0, 0.1) is 5.82 Å². The first-order valence-electron chi connectivity index (χ1n) is 9.95. The minimum Gasteiger partial charge on any atom is -0.488 e. The number of carbonyl (C=O) groups excluding carboxylic acids is 1. The number of benzene rings is 3. The normalized spacial score (nSPS) is 10.6. The fraction of sp³-hybridized carbons (Fsp3) is 0.120. The Morgan fingerprint density at radius 3 is 2.39 bits per heavy atom. The number of rotatable bonds is 8. The van der Waals surface area contributed by atoms with Gasteiger partial charge in [0.15, 0.2) is 0 Å². The summed E-state index contributed by atoms with van der Waals surface area (Å²) in [4.78, 5) is 16.8. The molecule has 0 radical (unpaired) electrons. The average molecular weight is 415 g/mol. The second-order valence-electron chi connectivity index (χ2n) is 7.15. The minimum atomic E-state index is -0.293. The molecule has 1 aromatic heterocycles. The third-order valence-electron chi connectivity index (χ3n) is 4.84. The Balaban J connectivity index is 1.34. The lowest BCUT2D eigenvalue weighted by Gasteiger charge is -2.12. The molecule has 0 unspecified atom stereocenters. The van der Waals surface area contributed by atoms with Crippen molar-refractivity contribution < 1.29 is 13.9 Å². The van der Waals surface area contributed by atoms with Gasteiger partial charge in [0.1, 0.15) is 18.2 Å². The highest BCUT2D eigenvalue weighted by Crippen LogP contribution is 2.20. The molecule has 0 atom stereocenters. The van der Waals surface area contributed by atoms with Gasteiger partial charge in [-0.3, -0.25) is 4.79 Å². The SMILES string of the molecule is O=C(NCc1ccc(Cn2ccnc2)cc1)c1ccccc1OCc1ccc(F)cc1. The van der Waals surface area contributed by atoms with Gasteiger partial charge in [-0.25, -0.2) is 9.37 Å². The van der Waals surface area contributed by atoms with E-state index in [9.17, 15) is 9.18 Å². The summed E-state index contributed by atoms with van der Waals surface area (Å²) in [6, 6.07) is 21.3. The van der Waals surface area contributed by atoms with Crippen LogP contribution in [0.4, 0.5) is 4.39 Å². The van der Waals surface area contributed by atoms with Gasteiger partial charge >= 0.3 is 0 Å². The van der Waals surface area contributed by atoms with E-state index in [-0.39, 0.29) is 18.3 Å². The van der Waals surface area contributed by atoms with Crippen LogP contribution >= 0.6 is 0 Å². The average Bonchev–Trinajstić information content (AvgIpc) is 3.31. The second kappa shape index (κ2) is 9.71. The lowest BCUT2D eigenvalue weighted by molar-refractivity contribution is 0.0946. The molecule has 6 heteroatoms. The molecule has 31 heavy (non-hydrogen) atoms. The van der Waals surface area contributed by atoms with Gasteiger partial charge in [0.25, 0.3) is 5.91 Å². The van der Waals surface area contributed by atoms with E-state index in [2.05, 4.69) is 10.3 Å². The summed E-state index contributed by atoms with van der Waals surface area (Å²) in [6.45, 7) is 1.42. The van der Waals surface area contributed by atoms with Crippen molar-refractivity contribution in [2.24, 2.45) is 0 Å². The maximum absolute atomic E-state index is 13.1. The van der Waals surface area contributed by atoms with Crippen LogP contribution in [0.25, 0.3) is 0 Å². The molecule has 0 aliphatic carbocycles. The van der Waals surface area contributed by atoms with E-state index in [4.69, 9.17) is 4.74 Å². The molecule has 5 nitrogen and oxygen atoms in total. The molecule has 1 heterocycles. The number of imidazole rings is 1. The Morgan fingerprint density at radius 1 is 0.935 bits per heavy atom. The van der Waals surface area contributed by atoms with Gasteiger partial charge in [-0.15, -0.1) is 0 Å². The Bertz CT molecular complexity index is 1120. The Kier molecular flexibility index (Phi) is 6.38. The summed E-state index contributed by atoms with van der Waals surface area (Å²) in [5.74, 6) is -0.0181. The topological polar surface area (TPSA) is 56.2 Å². The molecule has 156 valence electrons. The maximum atomic E-state index is 13.1. The number of halogens is 1. The van der Waals surface area contributed by atoms with Gasteiger partial charge in [-0.1, -0.05) is 48.5 Å². The van der Waals surface area contributed by atoms with E-state index >= 15 is 0 Å². The first-order chi connectivity index (χ1) is 15.2. The third-order valence-corrected chi connectivity index (χ3v) is 4.84. The lowest BCUT2D eigenvalue weighted by Crippen LogP contribution is -2.23. The quantitative estimate of drug-likeness (QED) is 0.458. The van der Waals surface area contributed by atoms with Crippen LogP contribution in [-0.2, 0) is 19.7 Å². The van der Waals surface area contributed by atoms with Crippen LogP contribution in [0.5, 0.6) is 5.75 Å². The largest absolute Gasteiger partial charge is 0.488 e. The van der Waals surface area contributed by atoms with Gasteiger partial charge in [0, 0.05) is 25.5 Å². The van der Waals surface area contributed by atoms with Gasteiger partial charge in [0.2, 0.25) is 0 Å². The fourth-order valence-electron chi connectivity index (χ4n) is 3.15. The highest BCUT2D eigenvalue weighted by Gasteiger charge is 2.12. The van der Waals surface area contributed by atoms with Gasteiger partial charge in [-0.05, 0) is 41.0 Å². The molecule has 1 N–H and O–H groups in total. The van der Waals surface area contributed by atoms with Crippen molar-refractivity contribution in [1.82, 2.24) is 14.9 Å². The zero-order chi connectivity index (χ0) is 21.5. The standard InChI is InChI=1S/C25H22FN3O2/c26-22-11-9-21(10-12-22)17-31-24-4-2-1-3-23(24)25(30)28-15-19-5-7-20(8-6-19)16-29-14-13-27-18-29/h1-14,18H,15-17H2,(H,28,30). The van der Waals surface area contributed by atoms with Crippen molar-refractivity contribution in [3.8, 4) is 5.75 Å². The van der Waals surface area contributed by atoms with Crippen molar-refractivity contribution in [2.45, 2.75) is 19.7 Å². The molecule has 1 amide bonds. The first-order valence-corrected chi connectivity index (χ1v) is 9.95. The molecule has 0 aliphatic heterocycles. The number of amides is 1. The molecule has 0 spiro atoms. The van der Waals surface area contributed by atoms with E-state index in [1.54, 1.807) is 42.9 Å². The monoisotopic (exact) mass is 415 g/mol. The van der Waals surface area contributed by atoms with Gasteiger partial charge in [0.05, 0.1) is 11.9 Å². The fourth-order valence-corrected chi connectivity index (χ4v) is 3.15. The summed E-state index contributed by atoms with van der Waals surface area (Å²) in [7, 11) is 0. The van der Waals surface area contributed by atoms with Crippen molar-refractivity contribution in [3.63, 3.8) is 0 Å².